The second-order valence-electron chi connectivity index (χ2n) is 8.15. The minimum Gasteiger partial charge on any atom is -0.480 e. The molecule has 1 aromatic heterocycles. The number of carboxylic acids is 1. The number of aromatic nitrogens is 1. The number of benzene rings is 1. The fraction of sp³-hybridized carbons (Fsp3) is 0.458. The zero-order chi connectivity index (χ0) is 22.5. The summed E-state index contributed by atoms with van der Waals surface area (Å²) in [4.78, 5) is 30.7. The van der Waals surface area contributed by atoms with Crippen LogP contribution in [0.15, 0.2) is 30.3 Å². The average molecular weight is 425 g/mol. The Morgan fingerprint density at radius 2 is 1.94 bits per heavy atom. The number of carbonyl (C=O) groups excluding carboxylic acids is 1. The molecule has 0 radical (unpaired) electrons. The first kappa shape index (κ1) is 22.7. The molecule has 7 nitrogen and oxygen atoms in total. The van der Waals surface area contributed by atoms with E-state index < -0.39 is 12.0 Å². The van der Waals surface area contributed by atoms with Gasteiger partial charge in [0, 0.05) is 24.2 Å². The molecule has 1 aromatic carbocycles. The summed E-state index contributed by atoms with van der Waals surface area (Å²) in [6.45, 7) is 7.06. The fourth-order valence-electron chi connectivity index (χ4n) is 4.06. The van der Waals surface area contributed by atoms with Crippen LogP contribution in [0.2, 0.25) is 0 Å². The number of nitrogens with zero attached hydrogens (tertiary/aromatic N) is 2. The number of carboxylic acid groups (broad SMARTS) is 1. The van der Waals surface area contributed by atoms with Crippen molar-refractivity contribution in [2.24, 2.45) is 5.92 Å². The third-order valence-electron chi connectivity index (χ3n) is 6.18. The molecule has 1 amide bonds. The van der Waals surface area contributed by atoms with Crippen LogP contribution in [0.5, 0.6) is 0 Å². The molecule has 0 aliphatic carbocycles. The quantitative estimate of drug-likeness (QED) is 0.626. The van der Waals surface area contributed by atoms with E-state index in [0.717, 1.165) is 40.3 Å². The Labute approximate surface area is 183 Å². The number of carbonyl (C=O) groups is 2. The molecule has 7 heteroatoms. The fourth-order valence-corrected chi connectivity index (χ4v) is 4.06. The van der Waals surface area contributed by atoms with Crippen molar-refractivity contribution in [3.63, 3.8) is 0 Å². The minimum atomic E-state index is -0.822. The Kier molecular flexibility index (Phi) is 7.28. The van der Waals surface area contributed by atoms with E-state index >= 15 is 0 Å². The van der Waals surface area contributed by atoms with Crippen LogP contribution in [0.1, 0.15) is 37.8 Å². The molecule has 1 aliphatic rings. The summed E-state index contributed by atoms with van der Waals surface area (Å²) in [6, 6.07) is 9.48. The molecule has 1 unspecified atom stereocenters. The van der Waals surface area contributed by atoms with Gasteiger partial charge in [-0.25, -0.2) is 4.98 Å². The lowest BCUT2D eigenvalue weighted by atomic mass is 9.94. The predicted molar refractivity (Wildman–Crippen MR) is 123 cm³/mol. The van der Waals surface area contributed by atoms with E-state index in [4.69, 9.17) is 4.98 Å². The van der Waals surface area contributed by atoms with E-state index in [9.17, 15) is 14.7 Å². The van der Waals surface area contributed by atoms with E-state index in [2.05, 4.69) is 23.6 Å². The number of nitrogens with one attached hydrogen (secondary N) is 2. The molecule has 1 atom stereocenters. The maximum atomic E-state index is 12.8. The standard InChI is InChI=1S/C24H32N4O3/c1-5-17-7-9-21(27-22(17)25-4)20-14-19(8-6-15(20)2)26-23(29)18-10-12-28(13-11-18)16(3)24(30)31/h6-9,14,16,18H,5,10-13H2,1-4H3,(H,25,27)(H,26,29)(H,30,31). The van der Waals surface area contributed by atoms with E-state index in [1.807, 2.05) is 43.1 Å². The number of likely N-dealkylation sites (tertiary alicyclic amines) is 1. The van der Waals surface area contributed by atoms with Crippen LogP contribution >= 0.6 is 0 Å². The van der Waals surface area contributed by atoms with Crippen molar-refractivity contribution in [2.45, 2.75) is 46.1 Å². The molecular formula is C24H32N4O3. The number of pyridine rings is 1. The molecule has 166 valence electrons. The van der Waals surface area contributed by atoms with Crippen molar-refractivity contribution < 1.29 is 14.7 Å². The lowest BCUT2D eigenvalue weighted by molar-refractivity contribution is -0.143. The molecular weight excluding hydrogens is 392 g/mol. The van der Waals surface area contributed by atoms with Crippen molar-refractivity contribution in [1.29, 1.82) is 0 Å². The first-order valence-corrected chi connectivity index (χ1v) is 10.9. The van der Waals surface area contributed by atoms with Gasteiger partial charge in [-0.2, -0.15) is 0 Å². The van der Waals surface area contributed by atoms with Gasteiger partial charge in [-0.3, -0.25) is 14.5 Å². The third kappa shape index (κ3) is 5.22. The van der Waals surface area contributed by atoms with E-state index in [1.165, 1.54) is 0 Å². The summed E-state index contributed by atoms with van der Waals surface area (Å²) in [7, 11) is 1.87. The normalized spacial score (nSPS) is 16.0. The number of piperidine rings is 1. The summed E-state index contributed by atoms with van der Waals surface area (Å²) in [5.41, 5.74) is 4.86. The van der Waals surface area contributed by atoms with E-state index in [0.29, 0.717) is 25.9 Å². The Morgan fingerprint density at radius 1 is 1.23 bits per heavy atom. The van der Waals surface area contributed by atoms with Gasteiger partial charge in [0.05, 0.1) is 5.69 Å². The molecule has 0 bridgehead atoms. The van der Waals surface area contributed by atoms with Gasteiger partial charge in [-0.1, -0.05) is 19.1 Å². The van der Waals surface area contributed by atoms with Crippen molar-refractivity contribution in [1.82, 2.24) is 9.88 Å². The Bertz CT molecular complexity index is 952. The number of rotatable bonds is 7. The Morgan fingerprint density at radius 3 is 2.55 bits per heavy atom. The zero-order valence-electron chi connectivity index (χ0n) is 18.7. The number of amides is 1. The molecule has 3 rings (SSSR count). The molecule has 1 fully saturated rings. The van der Waals surface area contributed by atoms with Gasteiger partial charge >= 0.3 is 5.97 Å². The summed E-state index contributed by atoms with van der Waals surface area (Å²) in [6.07, 6.45) is 2.23. The van der Waals surface area contributed by atoms with Gasteiger partial charge in [0.2, 0.25) is 5.91 Å². The maximum absolute atomic E-state index is 12.8. The van der Waals surface area contributed by atoms with Crippen molar-refractivity contribution >= 4 is 23.4 Å². The van der Waals surface area contributed by atoms with Crippen molar-refractivity contribution in [3.8, 4) is 11.3 Å². The monoisotopic (exact) mass is 424 g/mol. The first-order valence-electron chi connectivity index (χ1n) is 10.9. The summed E-state index contributed by atoms with van der Waals surface area (Å²) >= 11 is 0. The Balaban J connectivity index is 1.71. The van der Waals surface area contributed by atoms with Gasteiger partial charge in [0.1, 0.15) is 11.9 Å². The number of hydrogen-bond acceptors (Lipinski definition) is 5. The molecule has 3 N–H and O–H groups in total. The molecule has 0 spiro atoms. The summed E-state index contributed by atoms with van der Waals surface area (Å²) < 4.78 is 0. The van der Waals surface area contributed by atoms with Crippen LogP contribution in [0.4, 0.5) is 11.5 Å². The van der Waals surface area contributed by atoms with Crippen LogP contribution in [0.3, 0.4) is 0 Å². The molecule has 2 heterocycles. The smallest absolute Gasteiger partial charge is 0.320 e. The highest BCUT2D eigenvalue weighted by atomic mass is 16.4. The molecule has 0 saturated carbocycles. The summed E-state index contributed by atoms with van der Waals surface area (Å²) in [5, 5.41) is 15.4. The van der Waals surface area contributed by atoms with Gasteiger partial charge < -0.3 is 15.7 Å². The second kappa shape index (κ2) is 9.92. The lowest BCUT2D eigenvalue weighted by Crippen LogP contribution is -2.45. The van der Waals surface area contributed by atoms with Crippen molar-refractivity contribution in [2.75, 3.05) is 30.8 Å². The van der Waals surface area contributed by atoms with Crippen LogP contribution in [0.25, 0.3) is 11.3 Å². The number of aryl methyl sites for hydroxylation is 2. The molecule has 1 aliphatic heterocycles. The van der Waals surface area contributed by atoms with E-state index in [-0.39, 0.29) is 11.8 Å². The van der Waals surface area contributed by atoms with Gasteiger partial charge in [-0.05, 0) is 75.5 Å². The maximum Gasteiger partial charge on any atom is 0.320 e. The van der Waals surface area contributed by atoms with E-state index in [1.54, 1.807) is 6.92 Å². The highest BCUT2D eigenvalue weighted by Crippen LogP contribution is 2.28. The number of anilines is 2. The SMILES string of the molecule is CCc1ccc(-c2cc(NC(=O)C3CCN(C(C)C(=O)O)CC3)ccc2C)nc1NC. The number of aliphatic carboxylic acids is 1. The lowest BCUT2D eigenvalue weighted by Gasteiger charge is -2.33. The van der Waals surface area contributed by atoms with Crippen molar-refractivity contribution in [3.05, 3.63) is 41.5 Å². The van der Waals surface area contributed by atoms with Gasteiger partial charge in [-0.15, -0.1) is 0 Å². The summed E-state index contributed by atoms with van der Waals surface area (Å²) in [5.74, 6) is -0.0734. The third-order valence-corrected chi connectivity index (χ3v) is 6.18. The van der Waals surface area contributed by atoms with Crippen LogP contribution in [-0.2, 0) is 16.0 Å². The topological polar surface area (TPSA) is 94.6 Å². The number of hydrogen-bond donors (Lipinski definition) is 3. The zero-order valence-corrected chi connectivity index (χ0v) is 18.7. The first-order chi connectivity index (χ1) is 14.8. The molecule has 1 saturated heterocycles. The van der Waals surface area contributed by atoms with Gasteiger partial charge in [0.15, 0.2) is 0 Å². The van der Waals surface area contributed by atoms with Crippen LogP contribution < -0.4 is 10.6 Å². The minimum absolute atomic E-state index is 0.0114. The van der Waals surface area contributed by atoms with Gasteiger partial charge in [0.25, 0.3) is 0 Å². The highest BCUT2D eigenvalue weighted by molar-refractivity contribution is 5.93. The largest absolute Gasteiger partial charge is 0.480 e. The van der Waals surface area contributed by atoms with Crippen LogP contribution in [0, 0.1) is 12.8 Å². The average Bonchev–Trinajstić information content (AvgIpc) is 2.79. The second-order valence-corrected chi connectivity index (χ2v) is 8.15. The predicted octanol–water partition coefficient (Wildman–Crippen LogP) is 3.78. The highest BCUT2D eigenvalue weighted by Gasteiger charge is 2.29. The molecule has 31 heavy (non-hydrogen) atoms. The Hall–Kier alpha value is -2.93. The molecule has 2 aromatic rings. The van der Waals surface area contributed by atoms with Crippen LogP contribution in [-0.4, -0.2) is 53.0 Å².